The average molecular weight is 235 g/mol. The monoisotopic (exact) mass is 235 g/mol. The highest BCUT2D eigenvalue weighted by Gasteiger charge is 2.22. The molecule has 1 fully saturated rings. The minimum atomic E-state index is 0.336. The Labute approximate surface area is 103 Å². The minimum absolute atomic E-state index is 0.336. The van der Waals surface area contributed by atoms with Crippen molar-refractivity contribution in [2.75, 3.05) is 20.2 Å². The van der Waals surface area contributed by atoms with Crippen LogP contribution in [0.3, 0.4) is 0 Å². The van der Waals surface area contributed by atoms with Gasteiger partial charge in [-0.25, -0.2) is 0 Å². The smallest absolute Gasteiger partial charge is 0.163 e. The van der Waals surface area contributed by atoms with Gasteiger partial charge in [-0.05, 0) is 56.8 Å². The normalized spacial score (nSPS) is 17.1. The van der Waals surface area contributed by atoms with Crippen LogP contribution in [0.25, 0.3) is 0 Å². The molecule has 1 saturated heterocycles. The molecule has 3 nitrogen and oxygen atoms in total. The Morgan fingerprint density at radius 2 is 1.94 bits per heavy atom. The van der Waals surface area contributed by atoms with E-state index in [1.807, 2.05) is 6.92 Å². The van der Waals surface area contributed by atoms with Gasteiger partial charge in [0.25, 0.3) is 0 Å². The van der Waals surface area contributed by atoms with Gasteiger partial charge < -0.3 is 15.2 Å². The van der Waals surface area contributed by atoms with E-state index in [4.69, 9.17) is 4.74 Å². The summed E-state index contributed by atoms with van der Waals surface area (Å²) in [5, 5.41) is 13.6. The number of phenols is 1. The number of ether oxygens (including phenoxy) is 1. The van der Waals surface area contributed by atoms with E-state index in [0.717, 1.165) is 37.1 Å². The van der Waals surface area contributed by atoms with Crippen LogP contribution < -0.4 is 10.1 Å². The van der Waals surface area contributed by atoms with Gasteiger partial charge in [-0.2, -0.15) is 0 Å². The summed E-state index contributed by atoms with van der Waals surface area (Å²) in [5.74, 6) is 1.42. The predicted octanol–water partition coefficient (Wildman–Crippen LogP) is 2.48. The van der Waals surface area contributed by atoms with E-state index in [0.29, 0.717) is 17.4 Å². The summed E-state index contributed by atoms with van der Waals surface area (Å²) >= 11 is 0. The summed E-state index contributed by atoms with van der Waals surface area (Å²) in [7, 11) is 1.62. The number of hydrogen-bond donors (Lipinski definition) is 2. The Bertz CT molecular complexity index is 409. The molecule has 0 radical (unpaired) electrons. The van der Waals surface area contributed by atoms with Crippen molar-refractivity contribution in [3.63, 3.8) is 0 Å². The van der Waals surface area contributed by atoms with E-state index < -0.39 is 0 Å². The van der Waals surface area contributed by atoms with Crippen LogP contribution >= 0.6 is 0 Å². The Morgan fingerprint density at radius 3 is 2.53 bits per heavy atom. The number of rotatable bonds is 2. The van der Waals surface area contributed by atoms with Crippen molar-refractivity contribution in [1.82, 2.24) is 5.32 Å². The highest BCUT2D eigenvalue weighted by atomic mass is 16.5. The summed E-state index contributed by atoms with van der Waals surface area (Å²) in [6, 6.07) is 2.11. The topological polar surface area (TPSA) is 41.5 Å². The first kappa shape index (κ1) is 12.2. The number of nitrogens with one attached hydrogen (secondary N) is 1. The molecule has 1 aliphatic rings. The van der Waals surface area contributed by atoms with E-state index in [1.54, 1.807) is 7.11 Å². The van der Waals surface area contributed by atoms with Crippen molar-refractivity contribution in [2.24, 2.45) is 0 Å². The quantitative estimate of drug-likeness (QED) is 0.827. The van der Waals surface area contributed by atoms with Crippen LogP contribution in [0.1, 0.15) is 35.4 Å². The number of phenolic OH excluding ortho intramolecular Hbond substituents is 1. The molecule has 2 N–H and O–H groups in total. The first-order chi connectivity index (χ1) is 8.15. The maximum absolute atomic E-state index is 10.3. The number of methoxy groups -OCH3 is 1. The van der Waals surface area contributed by atoms with Crippen LogP contribution in [0.2, 0.25) is 0 Å². The van der Waals surface area contributed by atoms with Crippen LogP contribution in [0.5, 0.6) is 11.5 Å². The van der Waals surface area contributed by atoms with Gasteiger partial charge in [0.15, 0.2) is 11.5 Å². The molecule has 0 saturated carbocycles. The highest BCUT2D eigenvalue weighted by Crippen LogP contribution is 2.41. The fourth-order valence-electron chi connectivity index (χ4n) is 2.59. The predicted molar refractivity (Wildman–Crippen MR) is 69.0 cm³/mol. The lowest BCUT2D eigenvalue weighted by molar-refractivity contribution is 0.360. The number of benzene rings is 1. The van der Waals surface area contributed by atoms with Gasteiger partial charge in [-0.3, -0.25) is 0 Å². The summed E-state index contributed by atoms with van der Waals surface area (Å²) in [6.07, 6.45) is 2.17. The van der Waals surface area contributed by atoms with Crippen molar-refractivity contribution in [3.05, 3.63) is 22.8 Å². The van der Waals surface area contributed by atoms with Crippen LogP contribution in [-0.4, -0.2) is 25.3 Å². The zero-order valence-electron chi connectivity index (χ0n) is 10.8. The molecule has 1 aromatic carbocycles. The number of aryl methyl sites for hydroxylation is 1. The number of piperidine rings is 1. The van der Waals surface area contributed by atoms with Crippen molar-refractivity contribution in [3.8, 4) is 11.5 Å². The van der Waals surface area contributed by atoms with Gasteiger partial charge in [0.2, 0.25) is 0 Å². The Hall–Kier alpha value is -1.22. The third-order valence-electron chi connectivity index (χ3n) is 3.78. The fraction of sp³-hybridized carbons (Fsp3) is 0.571. The molecule has 94 valence electrons. The molecule has 0 unspecified atom stereocenters. The molecule has 17 heavy (non-hydrogen) atoms. The lowest BCUT2D eigenvalue weighted by Crippen LogP contribution is -2.26. The highest BCUT2D eigenvalue weighted by molar-refractivity contribution is 5.55. The Kier molecular flexibility index (Phi) is 3.57. The van der Waals surface area contributed by atoms with Gasteiger partial charge in [-0.15, -0.1) is 0 Å². The molecule has 1 heterocycles. The van der Waals surface area contributed by atoms with Crippen molar-refractivity contribution < 1.29 is 9.84 Å². The van der Waals surface area contributed by atoms with Gasteiger partial charge in [0.1, 0.15) is 0 Å². The molecule has 0 amide bonds. The second-order valence-electron chi connectivity index (χ2n) is 4.81. The molecule has 0 spiro atoms. The Morgan fingerprint density at radius 1 is 1.29 bits per heavy atom. The largest absolute Gasteiger partial charge is 0.504 e. The SMILES string of the molecule is COc1c(C)c(C)cc(C2CCNCC2)c1O. The summed E-state index contributed by atoms with van der Waals surface area (Å²) in [5.41, 5.74) is 3.27. The maximum Gasteiger partial charge on any atom is 0.163 e. The molecule has 1 aromatic rings. The third-order valence-corrected chi connectivity index (χ3v) is 3.78. The van der Waals surface area contributed by atoms with Crippen molar-refractivity contribution in [1.29, 1.82) is 0 Å². The van der Waals surface area contributed by atoms with Crippen LogP contribution in [0.15, 0.2) is 6.07 Å². The van der Waals surface area contributed by atoms with E-state index in [-0.39, 0.29) is 0 Å². The van der Waals surface area contributed by atoms with E-state index >= 15 is 0 Å². The molecule has 2 rings (SSSR count). The zero-order valence-corrected chi connectivity index (χ0v) is 10.8. The summed E-state index contributed by atoms with van der Waals surface area (Å²) in [4.78, 5) is 0. The van der Waals surface area contributed by atoms with E-state index in [2.05, 4.69) is 18.3 Å². The van der Waals surface area contributed by atoms with Crippen molar-refractivity contribution in [2.45, 2.75) is 32.6 Å². The molecule has 3 heteroatoms. The molecule has 0 aliphatic carbocycles. The lowest BCUT2D eigenvalue weighted by Gasteiger charge is -2.25. The average Bonchev–Trinajstić information content (AvgIpc) is 2.36. The van der Waals surface area contributed by atoms with Gasteiger partial charge in [0.05, 0.1) is 7.11 Å². The van der Waals surface area contributed by atoms with E-state index in [9.17, 15) is 5.11 Å². The summed E-state index contributed by atoms with van der Waals surface area (Å²) < 4.78 is 5.32. The first-order valence-corrected chi connectivity index (χ1v) is 6.23. The molecule has 1 aliphatic heterocycles. The van der Waals surface area contributed by atoms with Crippen LogP contribution in [0, 0.1) is 13.8 Å². The Balaban J connectivity index is 2.42. The maximum atomic E-state index is 10.3. The molecular formula is C14H21NO2. The molecule has 0 atom stereocenters. The zero-order chi connectivity index (χ0) is 12.4. The van der Waals surface area contributed by atoms with E-state index in [1.165, 1.54) is 5.56 Å². The fourth-order valence-corrected chi connectivity index (χ4v) is 2.59. The molecular weight excluding hydrogens is 214 g/mol. The van der Waals surface area contributed by atoms with Gasteiger partial charge in [0, 0.05) is 5.56 Å². The standard InChI is InChI=1S/C14H21NO2/c1-9-8-12(11-4-6-15-7-5-11)13(16)14(17-3)10(9)2/h8,11,15-16H,4-7H2,1-3H3. The number of hydrogen-bond acceptors (Lipinski definition) is 3. The third kappa shape index (κ3) is 2.25. The second kappa shape index (κ2) is 4.96. The molecule has 0 bridgehead atoms. The van der Waals surface area contributed by atoms with Crippen LogP contribution in [-0.2, 0) is 0 Å². The first-order valence-electron chi connectivity index (χ1n) is 6.23. The lowest BCUT2D eigenvalue weighted by atomic mass is 9.87. The summed E-state index contributed by atoms with van der Waals surface area (Å²) in [6.45, 7) is 6.11. The van der Waals surface area contributed by atoms with Crippen LogP contribution in [0.4, 0.5) is 0 Å². The molecule has 0 aromatic heterocycles. The minimum Gasteiger partial charge on any atom is -0.504 e. The second-order valence-corrected chi connectivity index (χ2v) is 4.81. The van der Waals surface area contributed by atoms with Crippen molar-refractivity contribution >= 4 is 0 Å². The number of aromatic hydroxyl groups is 1. The van der Waals surface area contributed by atoms with Gasteiger partial charge >= 0.3 is 0 Å². The van der Waals surface area contributed by atoms with Gasteiger partial charge in [-0.1, -0.05) is 6.07 Å².